The Bertz CT molecular complexity index is 343. The molecule has 2 N–H and O–H groups in total. The summed E-state index contributed by atoms with van der Waals surface area (Å²) in [4.78, 5) is 2.64. The summed E-state index contributed by atoms with van der Waals surface area (Å²) in [5.41, 5.74) is 7.24. The van der Waals surface area contributed by atoms with Gasteiger partial charge >= 0.3 is 0 Å². The number of nitrogens with two attached hydrogens (primary N) is 1. The van der Waals surface area contributed by atoms with Crippen molar-refractivity contribution in [1.82, 2.24) is 4.90 Å². The molecule has 1 aromatic carbocycles. The van der Waals surface area contributed by atoms with Crippen LogP contribution in [0.25, 0.3) is 0 Å². The van der Waals surface area contributed by atoms with Gasteiger partial charge in [-0.25, -0.2) is 0 Å². The predicted molar refractivity (Wildman–Crippen MR) is 77.4 cm³/mol. The molecule has 1 atom stereocenters. The van der Waals surface area contributed by atoms with Gasteiger partial charge in [-0.2, -0.15) is 0 Å². The average molecular weight is 246 g/mol. The third-order valence-corrected chi connectivity index (χ3v) is 3.85. The van der Waals surface area contributed by atoms with E-state index in [4.69, 9.17) is 5.73 Å². The average Bonchev–Trinajstić information content (AvgIpc) is 3.18. The molecule has 1 fully saturated rings. The van der Waals surface area contributed by atoms with Crippen molar-refractivity contribution in [3.05, 3.63) is 35.9 Å². The topological polar surface area (TPSA) is 29.3 Å². The molecule has 0 heterocycles. The predicted octanol–water partition coefficient (Wildman–Crippen LogP) is 3.20. The SMILES string of the molecule is CC(C)N(CC1CC1)C(CCN)c1ccccc1. The molecule has 1 saturated carbocycles. The van der Waals surface area contributed by atoms with Crippen LogP contribution in [0, 0.1) is 5.92 Å². The highest BCUT2D eigenvalue weighted by atomic mass is 15.2. The van der Waals surface area contributed by atoms with Crippen molar-refractivity contribution in [2.24, 2.45) is 11.7 Å². The Kier molecular flexibility index (Phi) is 4.79. The number of rotatable bonds is 7. The molecule has 1 aromatic rings. The monoisotopic (exact) mass is 246 g/mol. The van der Waals surface area contributed by atoms with Crippen molar-refractivity contribution in [3.8, 4) is 0 Å². The van der Waals surface area contributed by atoms with E-state index in [9.17, 15) is 0 Å². The van der Waals surface area contributed by atoms with E-state index in [1.807, 2.05) is 0 Å². The molecule has 0 spiro atoms. The van der Waals surface area contributed by atoms with Gasteiger partial charge in [0, 0.05) is 18.6 Å². The Morgan fingerprint density at radius 3 is 2.39 bits per heavy atom. The highest BCUT2D eigenvalue weighted by Gasteiger charge is 2.29. The second kappa shape index (κ2) is 6.35. The maximum atomic E-state index is 5.82. The molecule has 0 aliphatic heterocycles. The van der Waals surface area contributed by atoms with Crippen LogP contribution in [0.5, 0.6) is 0 Å². The maximum absolute atomic E-state index is 5.82. The molecule has 2 rings (SSSR count). The van der Waals surface area contributed by atoms with Gasteiger partial charge in [0.05, 0.1) is 0 Å². The molecule has 0 amide bonds. The molecule has 1 aliphatic rings. The highest BCUT2D eigenvalue weighted by Crippen LogP contribution is 2.34. The summed E-state index contributed by atoms with van der Waals surface area (Å²) in [6, 6.07) is 11.9. The summed E-state index contributed by atoms with van der Waals surface area (Å²) in [7, 11) is 0. The fourth-order valence-corrected chi connectivity index (χ4v) is 2.65. The lowest BCUT2D eigenvalue weighted by molar-refractivity contribution is 0.139. The van der Waals surface area contributed by atoms with Crippen molar-refractivity contribution in [3.63, 3.8) is 0 Å². The van der Waals surface area contributed by atoms with Crippen molar-refractivity contribution >= 4 is 0 Å². The van der Waals surface area contributed by atoms with Crippen LogP contribution >= 0.6 is 0 Å². The van der Waals surface area contributed by atoms with Gasteiger partial charge in [0.1, 0.15) is 0 Å². The van der Waals surface area contributed by atoms with Crippen LogP contribution in [0.1, 0.15) is 44.7 Å². The van der Waals surface area contributed by atoms with Crippen molar-refractivity contribution in [2.75, 3.05) is 13.1 Å². The summed E-state index contributed by atoms with van der Waals surface area (Å²) >= 11 is 0. The first kappa shape index (κ1) is 13.6. The summed E-state index contributed by atoms with van der Waals surface area (Å²) in [6.45, 7) is 6.59. The fourth-order valence-electron chi connectivity index (χ4n) is 2.65. The minimum absolute atomic E-state index is 0.483. The molecular formula is C16H26N2. The molecule has 1 unspecified atom stereocenters. The van der Waals surface area contributed by atoms with E-state index >= 15 is 0 Å². The molecule has 2 heteroatoms. The molecule has 0 radical (unpaired) electrons. The minimum atomic E-state index is 0.483. The highest BCUT2D eigenvalue weighted by molar-refractivity contribution is 5.19. The number of benzene rings is 1. The van der Waals surface area contributed by atoms with Crippen LogP contribution in [0.15, 0.2) is 30.3 Å². The van der Waals surface area contributed by atoms with Crippen LogP contribution in [-0.2, 0) is 0 Å². The van der Waals surface area contributed by atoms with Crippen molar-refractivity contribution in [1.29, 1.82) is 0 Å². The standard InChI is InChI=1S/C16H26N2/c1-13(2)18(12-14-8-9-14)16(10-11-17)15-6-4-3-5-7-15/h3-7,13-14,16H,8-12,17H2,1-2H3. The lowest BCUT2D eigenvalue weighted by atomic mass is 10.00. The van der Waals surface area contributed by atoms with E-state index < -0.39 is 0 Å². The Labute approximate surface area is 111 Å². The van der Waals surface area contributed by atoms with Crippen molar-refractivity contribution in [2.45, 2.75) is 45.2 Å². The van der Waals surface area contributed by atoms with Gasteiger partial charge in [-0.05, 0) is 51.1 Å². The molecule has 2 nitrogen and oxygen atoms in total. The van der Waals surface area contributed by atoms with Crippen LogP contribution in [0.2, 0.25) is 0 Å². The smallest absolute Gasteiger partial charge is 0.0362 e. The first-order chi connectivity index (χ1) is 8.72. The van der Waals surface area contributed by atoms with Crippen molar-refractivity contribution < 1.29 is 0 Å². The second-order valence-electron chi connectivity index (χ2n) is 5.74. The maximum Gasteiger partial charge on any atom is 0.0362 e. The van der Waals surface area contributed by atoms with Gasteiger partial charge < -0.3 is 5.73 Å². The zero-order valence-electron chi connectivity index (χ0n) is 11.7. The summed E-state index contributed by atoms with van der Waals surface area (Å²) in [5.74, 6) is 0.927. The minimum Gasteiger partial charge on any atom is -0.330 e. The quantitative estimate of drug-likeness (QED) is 0.800. The molecule has 0 saturated heterocycles. The molecule has 18 heavy (non-hydrogen) atoms. The molecule has 0 bridgehead atoms. The van der Waals surface area contributed by atoms with E-state index in [0.717, 1.165) is 18.9 Å². The second-order valence-corrected chi connectivity index (χ2v) is 5.74. The first-order valence-corrected chi connectivity index (χ1v) is 7.23. The van der Waals surface area contributed by atoms with Gasteiger partial charge in [0.25, 0.3) is 0 Å². The lowest BCUT2D eigenvalue weighted by Gasteiger charge is -2.35. The largest absolute Gasteiger partial charge is 0.330 e. The van der Waals surface area contributed by atoms with Crippen LogP contribution in [0.4, 0.5) is 0 Å². The molecule has 0 aromatic heterocycles. The van der Waals surface area contributed by atoms with E-state index in [0.29, 0.717) is 12.1 Å². The van der Waals surface area contributed by atoms with Gasteiger partial charge in [0.15, 0.2) is 0 Å². The number of hydrogen-bond acceptors (Lipinski definition) is 2. The van der Waals surface area contributed by atoms with E-state index in [2.05, 4.69) is 49.1 Å². The zero-order valence-corrected chi connectivity index (χ0v) is 11.7. The van der Waals surface area contributed by atoms with E-state index in [1.54, 1.807) is 0 Å². The third-order valence-electron chi connectivity index (χ3n) is 3.85. The molecular weight excluding hydrogens is 220 g/mol. The summed E-state index contributed by atoms with van der Waals surface area (Å²) < 4.78 is 0. The Hall–Kier alpha value is -0.860. The molecule has 100 valence electrons. The van der Waals surface area contributed by atoms with Gasteiger partial charge in [-0.3, -0.25) is 4.90 Å². The van der Waals surface area contributed by atoms with Crippen LogP contribution in [0.3, 0.4) is 0 Å². The normalized spacial score (nSPS) is 17.4. The lowest BCUT2D eigenvalue weighted by Crippen LogP contribution is -2.37. The van der Waals surface area contributed by atoms with Gasteiger partial charge in [-0.15, -0.1) is 0 Å². The fraction of sp³-hybridized carbons (Fsp3) is 0.625. The number of nitrogens with zero attached hydrogens (tertiary/aromatic N) is 1. The van der Waals surface area contributed by atoms with E-state index in [-0.39, 0.29) is 0 Å². The molecule has 1 aliphatic carbocycles. The number of hydrogen-bond donors (Lipinski definition) is 1. The van der Waals surface area contributed by atoms with Gasteiger partial charge in [0.2, 0.25) is 0 Å². The Balaban J connectivity index is 2.14. The Morgan fingerprint density at radius 2 is 1.89 bits per heavy atom. The summed E-state index contributed by atoms with van der Waals surface area (Å²) in [5, 5.41) is 0. The van der Waals surface area contributed by atoms with Crippen LogP contribution < -0.4 is 5.73 Å². The zero-order chi connectivity index (χ0) is 13.0. The first-order valence-electron chi connectivity index (χ1n) is 7.23. The van der Waals surface area contributed by atoms with E-state index in [1.165, 1.54) is 24.9 Å². The summed E-state index contributed by atoms with van der Waals surface area (Å²) in [6.07, 6.45) is 3.87. The van der Waals surface area contributed by atoms with Gasteiger partial charge in [-0.1, -0.05) is 30.3 Å². The van der Waals surface area contributed by atoms with Crippen LogP contribution in [-0.4, -0.2) is 24.0 Å². The Morgan fingerprint density at radius 1 is 1.22 bits per heavy atom. The third kappa shape index (κ3) is 3.56.